The van der Waals surface area contributed by atoms with Crippen LogP contribution < -0.4 is 5.32 Å². The molecule has 0 rings (SSSR count). The van der Waals surface area contributed by atoms with Crippen LogP contribution in [0.3, 0.4) is 0 Å². The first-order chi connectivity index (χ1) is 8.61. The van der Waals surface area contributed by atoms with E-state index in [4.69, 9.17) is 14.6 Å². The number of carboxylic acid groups (broad SMARTS) is 1. The number of hydrogen-bond donors (Lipinski definition) is 2. The first-order valence-electron chi connectivity index (χ1n) is 6.39. The standard InChI is InChI=1S/C13H25NO5/c1-9(2)18-8-11(15)14-10(12(16)17)6-7-19-13(3,4)5/h9-10H,6-8H2,1-5H3,(H,14,15)(H,16,17). The van der Waals surface area contributed by atoms with Gasteiger partial charge in [0.1, 0.15) is 12.6 Å². The van der Waals surface area contributed by atoms with Crippen LogP contribution in [0.4, 0.5) is 0 Å². The van der Waals surface area contributed by atoms with E-state index in [1.807, 2.05) is 20.8 Å². The van der Waals surface area contributed by atoms with Crippen molar-refractivity contribution in [1.82, 2.24) is 5.32 Å². The monoisotopic (exact) mass is 275 g/mol. The SMILES string of the molecule is CC(C)OCC(=O)NC(CCOC(C)(C)C)C(=O)O. The molecular formula is C13H25NO5. The maximum Gasteiger partial charge on any atom is 0.326 e. The lowest BCUT2D eigenvalue weighted by Gasteiger charge is -2.21. The highest BCUT2D eigenvalue weighted by molar-refractivity contribution is 5.84. The summed E-state index contributed by atoms with van der Waals surface area (Å²) in [4.78, 5) is 22.5. The summed E-state index contributed by atoms with van der Waals surface area (Å²) in [6.45, 7) is 9.40. The van der Waals surface area contributed by atoms with Crippen molar-refractivity contribution in [2.45, 2.75) is 58.8 Å². The highest BCUT2D eigenvalue weighted by Gasteiger charge is 2.21. The van der Waals surface area contributed by atoms with Gasteiger partial charge in [0.25, 0.3) is 0 Å². The molecule has 6 heteroatoms. The van der Waals surface area contributed by atoms with E-state index in [0.717, 1.165) is 0 Å². The Kier molecular flexibility index (Phi) is 7.63. The number of nitrogens with one attached hydrogen (secondary N) is 1. The molecule has 112 valence electrons. The van der Waals surface area contributed by atoms with Crippen molar-refractivity contribution in [2.75, 3.05) is 13.2 Å². The molecule has 0 saturated carbocycles. The van der Waals surface area contributed by atoms with Gasteiger partial charge in [-0.05, 0) is 34.6 Å². The number of amides is 1. The Bertz CT molecular complexity index is 296. The van der Waals surface area contributed by atoms with Crippen molar-refractivity contribution in [3.63, 3.8) is 0 Å². The van der Waals surface area contributed by atoms with Gasteiger partial charge in [-0.25, -0.2) is 4.79 Å². The van der Waals surface area contributed by atoms with Gasteiger partial charge in [0.2, 0.25) is 5.91 Å². The van der Waals surface area contributed by atoms with Crippen molar-refractivity contribution in [1.29, 1.82) is 0 Å². The normalized spacial score (nSPS) is 13.4. The zero-order valence-electron chi connectivity index (χ0n) is 12.4. The molecule has 0 aliphatic heterocycles. The fraction of sp³-hybridized carbons (Fsp3) is 0.846. The Labute approximate surface area is 114 Å². The first kappa shape index (κ1) is 17.9. The van der Waals surface area contributed by atoms with E-state index in [1.54, 1.807) is 13.8 Å². The molecule has 19 heavy (non-hydrogen) atoms. The summed E-state index contributed by atoms with van der Waals surface area (Å²) in [5.74, 6) is -1.51. The lowest BCUT2D eigenvalue weighted by molar-refractivity contribution is -0.143. The van der Waals surface area contributed by atoms with Crippen LogP contribution >= 0.6 is 0 Å². The number of hydrogen-bond acceptors (Lipinski definition) is 4. The molecule has 6 nitrogen and oxygen atoms in total. The summed E-state index contributed by atoms with van der Waals surface area (Å²) >= 11 is 0. The van der Waals surface area contributed by atoms with Crippen LogP contribution in [-0.4, -0.2) is 47.9 Å². The van der Waals surface area contributed by atoms with Gasteiger partial charge >= 0.3 is 5.97 Å². The summed E-state index contributed by atoms with van der Waals surface area (Å²) in [5, 5.41) is 11.4. The van der Waals surface area contributed by atoms with Crippen LogP contribution in [0.25, 0.3) is 0 Å². The first-order valence-corrected chi connectivity index (χ1v) is 6.39. The van der Waals surface area contributed by atoms with Crippen molar-refractivity contribution >= 4 is 11.9 Å². The second kappa shape index (κ2) is 8.12. The van der Waals surface area contributed by atoms with E-state index in [9.17, 15) is 9.59 Å². The largest absolute Gasteiger partial charge is 0.480 e. The van der Waals surface area contributed by atoms with Gasteiger partial charge in [-0.15, -0.1) is 0 Å². The van der Waals surface area contributed by atoms with Crippen LogP contribution in [0.15, 0.2) is 0 Å². The average molecular weight is 275 g/mol. The van der Waals surface area contributed by atoms with Gasteiger partial charge in [-0.2, -0.15) is 0 Å². The van der Waals surface area contributed by atoms with Crippen molar-refractivity contribution in [2.24, 2.45) is 0 Å². The summed E-state index contributed by atoms with van der Waals surface area (Å²) in [6, 6.07) is -0.953. The van der Waals surface area contributed by atoms with Crippen LogP contribution in [0, 0.1) is 0 Å². The number of rotatable bonds is 8. The minimum Gasteiger partial charge on any atom is -0.480 e. The van der Waals surface area contributed by atoms with E-state index in [2.05, 4.69) is 5.32 Å². The Morgan fingerprint density at radius 3 is 2.26 bits per heavy atom. The topological polar surface area (TPSA) is 84.9 Å². The third kappa shape index (κ3) is 10.5. The highest BCUT2D eigenvalue weighted by atomic mass is 16.5. The number of aliphatic carboxylic acids is 1. The van der Waals surface area contributed by atoms with E-state index in [-0.39, 0.29) is 31.3 Å². The minimum atomic E-state index is -1.07. The summed E-state index contributed by atoms with van der Waals surface area (Å²) in [7, 11) is 0. The molecule has 0 saturated heterocycles. The third-order valence-electron chi connectivity index (χ3n) is 2.12. The number of carbonyl (C=O) groups is 2. The van der Waals surface area contributed by atoms with Gasteiger partial charge in [-0.1, -0.05) is 0 Å². The predicted molar refractivity (Wildman–Crippen MR) is 71.0 cm³/mol. The molecule has 0 heterocycles. The molecule has 0 aromatic carbocycles. The van der Waals surface area contributed by atoms with E-state index >= 15 is 0 Å². The lowest BCUT2D eigenvalue weighted by Crippen LogP contribution is -2.43. The molecule has 0 fully saturated rings. The summed E-state index contributed by atoms with van der Waals surface area (Å²) in [5.41, 5.74) is -0.326. The molecule has 2 N–H and O–H groups in total. The van der Waals surface area contributed by atoms with Gasteiger partial charge < -0.3 is 19.9 Å². The molecule has 0 aromatic heterocycles. The molecule has 0 aromatic rings. The zero-order chi connectivity index (χ0) is 15.1. The van der Waals surface area contributed by atoms with Crippen LogP contribution in [0.1, 0.15) is 41.0 Å². The summed E-state index contributed by atoms with van der Waals surface area (Å²) in [6.07, 6.45) is 0.151. The average Bonchev–Trinajstić information content (AvgIpc) is 2.23. The zero-order valence-corrected chi connectivity index (χ0v) is 12.4. The molecule has 0 bridgehead atoms. The van der Waals surface area contributed by atoms with Gasteiger partial charge in [0.05, 0.1) is 11.7 Å². The van der Waals surface area contributed by atoms with E-state index in [0.29, 0.717) is 0 Å². The Balaban J connectivity index is 4.12. The second-order valence-corrected chi connectivity index (χ2v) is 5.57. The Hall–Kier alpha value is -1.14. The van der Waals surface area contributed by atoms with Crippen molar-refractivity contribution in [3.05, 3.63) is 0 Å². The van der Waals surface area contributed by atoms with E-state index < -0.39 is 17.9 Å². The van der Waals surface area contributed by atoms with Gasteiger partial charge in [0.15, 0.2) is 0 Å². The van der Waals surface area contributed by atoms with Crippen molar-refractivity contribution in [3.8, 4) is 0 Å². The minimum absolute atomic E-state index is 0.0711. The molecule has 0 radical (unpaired) electrons. The Morgan fingerprint density at radius 2 is 1.84 bits per heavy atom. The quantitative estimate of drug-likeness (QED) is 0.695. The molecule has 0 aliphatic carbocycles. The third-order valence-corrected chi connectivity index (χ3v) is 2.12. The Morgan fingerprint density at radius 1 is 1.26 bits per heavy atom. The van der Waals surface area contributed by atoms with Crippen molar-refractivity contribution < 1.29 is 24.2 Å². The second-order valence-electron chi connectivity index (χ2n) is 5.57. The molecule has 0 spiro atoms. The molecular weight excluding hydrogens is 250 g/mol. The molecule has 1 unspecified atom stereocenters. The van der Waals surface area contributed by atoms with Crippen LogP contribution in [0.5, 0.6) is 0 Å². The lowest BCUT2D eigenvalue weighted by atomic mass is 10.2. The van der Waals surface area contributed by atoms with Gasteiger partial charge in [0, 0.05) is 13.0 Å². The van der Waals surface area contributed by atoms with E-state index in [1.165, 1.54) is 0 Å². The van der Waals surface area contributed by atoms with Crippen LogP contribution in [0.2, 0.25) is 0 Å². The fourth-order valence-electron chi connectivity index (χ4n) is 1.22. The predicted octanol–water partition coefficient (Wildman–Crippen LogP) is 1.19. The number of carboxylic acids is 1. The number of ether oxygens (including phenoxy) is 2. The maximum absolute atomic E-state index is 11.5. The molecule has 1 atom stereocenters. The highest BCUT2D eigenvalue weighted by Crippen LogP contribution is 2.08. The van der Waals surface area contributed by atoms with Gasteiger partial charge in [-0.3, -0.25) is 4.79 Å². The molecule has 0 aliphatic rings. The smallest absolute Gasteiger partial charge is 0.326 e. The maximum atomic E-state index is 11.5. The number of carbonyl (C=O) groups excluding carboxylic acids is 1. The fourth-order valence-corrected chi connectivity index (χ4v) is 1.22. The molecule has 1 amide bonds. The van der Waals surface area contributed by atoms with Crippen LogP contribution in [-0.2, 0) is 19.1 Å². The summed E-state index contributed by atoms with van der Waals surface area (Å²) < 4.78 is 10.6.